The van der Waals surface area contributed by atoms with Gasteiger partial charge in [0.05, 0.1) is 41.7 Å². The Morgan fingerprint density at radius 3 is 2.03 bits per heavy atom. The van der Waals surface area contributed by atoms with E-state index in [1.807, 2.05) is 0 Å². The first-order valence-corrected chi connectivity index (χ1v) is 24.7. The van der Waals surface area contributed by atoms with Gasteiger partial charge in [0.25, 0.3) is 11.8 Å². The van der Waals surface area contributed by atoms with Crippen molar-refractivity contribution in [3.63, 3.8) is 0 Å². The normalized spacial score (nSPS) is 27.7. The number of Topliss-reactive ketones (excluding diaryl/α,β-unsaturated/α-hetero) is 1. The van der Waals surface area contributed by atoms with E-state index in [2.05, 4.69) is 16.0 Å². The fourth-order valence-corrected chi connectivity index (χ4v) is 11.4. The summed E-state index contributed by atoms with van der Waals surface area (Å²) in [6.07, 6.45) is -11.6. The molecule has 8 rings (SSSR count). The third-order valence-corrected chi connectivity index (χ3v) is 15.5. The fraction of sp³-hybridized carbons (Fsp3) is 0.393. The van der Waals surface area contributed by atoms with Gasteiger partial charge in [-0.25, -0.2) is 18.4 Å². The molecule has 2 unspecified atom stereocenters. The SMILES string of the molecule is CC(=O)O[C@@]12CO[C@@H]1C[C@H](O)[C@@]1(C)C(=O)[C@H](O)C3=C(C)[C@@H](OC(=O)[C@H](OC(=O)CNC(=O)CNC(=O)c4ccc(F)cc4F)[C@@H](NC(=O)c4ccccc4)c4ccccc4)C[C@@](O)(C(OC(=O)c4ccccc4)C12)C3(C)C. The Kier molecular flexibility index (Phi) is 15.7. The maximum absolute atomic E-state index is 15.3. The van der Waals surface area contributed by atoms with E-state index < -0.39 is 155 Å². The molecule has 1 saturated heterocycles. The van der Waals surface area contributed by atoms with E-state index in [4.69, 9.17) is 23.7 Å². The van der Waals surface area contributed by atoms with Gasteiger partial charge in [-0.1, -0.05) is 80.6 Å². The second-order valence-electron chi connectivity index (χ2n) is 20.3. The molecule has 4 aliphatic rings. The molecule has 2 bridgehead atoms. The molecule has 1 heterocycles. The molecule has 3 aliphatic carbocycles. The highest BCUT2D eigenvalue weighted by Crippen LogP contribution is 2.64. The molecule has 0 radical (unpaired) electrons. The third-order valence-electron chi connectivity index (χ3n) is 15.5. The number of rotatable bonds is 15. The van der Waals surface area contributed by atoms with Crippen molar-refractivity contribution in [2.75, 3.05) is 19.7 Å². The zero-order valence-corrected chi connectivity index (χ0v) is 42.5. The summed E-state index contributed by atoms with van der Waals surface area (Å²) in [5, 5.41) is 45.4. The zero-order valence-electron chi connectivity index (χ0n) is 42.5. The number of carbonyl (C=O) groups excluding carboxylic acids is 8. The van der Waals surface area contributed by atoms with Crippen LogP contribution in [0.2, 0.25) is 0 Å². The lowest BCUT2D eigenvalue weighted by Crippen LogP contribution is -2.81. The van der Waals surface area contributed by atoms with Crippen LogP contribution in [-0.2, 0) is 47.7 Å². The van der Waals surface area contributed by atoms with Gasteiger partial charge in [0.1, 0.15) is 54.2 Å². The fourth-order valence-electron chi connectivity index (χ4n) is 11.4. The Balaban J connectivity index is 1.18. The first-order valence-electron chi connectivity index (χ1n) is 24.7. The summed E-state index contributed by atoms with van der Waals surface area (Å²) in [6.45, 7) is 4.70. The molecule has 0 aromatic heterocycles. The minimum atomic E-state index is -2.52. The van der Waals surface area contributed by atoms with E-state index in [0.29, 0.717) is 6.07 Å². The van der Waals surface area contributed by atoms with Gasteiger partial charge in [-0.15, -0.1) is 0 Å². The predicted molar refractivity (Wildman–Crippen MR) is 264 cm³/mol. The molecule has 6 N–H and O–H groups in total. The van der Waals surface area contributed by atoms with Crippen molar-refractivity contribution in [3.05, 3.63) is 154 Å². The highest BCUT2D eigenvalue weighted by Gasteiger charge is 2.78. The third kappa shape index (κ3) is 10.3. The summed E-state index contributed by atoms with van der Waals surface area (Å²) in [7, 11) is 0. The van der Waals surface area contributed by atoms with E-state index >= 15 is 9.59 Å². The molecule has 0 spiro atoms. The Bertz CT molecular complexity index is 3010. The number of esters is 4. The van der Waals surface area contributed by atoms with Gasteiger partial charge in [0.2, 0.25) is 12.0 Å². The second kappa shape index (κ2) is 21.7. The predicted octanol–water partition coefficient (Wildman–Crippen LogP) is 3.54. The Hall–Kier alpha value is -7.72. The number of halogens is 2. The number of benzene rings is 4. The summed E-state index contributed by atoms with van der Waals surface area (Å²) in [6, 6.07) is 23.8. The van der Waals surface area contributed by atoms with E-state index in [1.54, 1.807) is 54.6 Å². The average Bonchev–Trinajstić information content (AvgIpc) is 3.53. The summed E-state index contributed by atoms with van der Waals surface area (Å²) >= 11 is 0. The lowest BCUT2D eigenvalue weighted by atomic mass is 9.44. The smallest absolute Gasteiger partial charge is 0.350 e. The lowest BCUT2D eigenvalue weighted by molar-refractivity contribution is -0.346. The lowest BCUT2D eigenvalue weighted by Gasteiger charge is -2.67. The Morgan fingerprint density at radius 2 is 1.43 bits per heavy atom. The van der Waals surface area contributed by atoms with Gasteiger partial charge in [-0.2, -0.15) is 0 Å². The first kappa shape index (κ1) is 55.5. The van der Waals surface area contributed by atoms with Crippen LogP contribution in [0.3, 0.4) is 0 Å². The first-order chi connectivity index (χ1) is 36.4. The molecule has 4 aromatic carbocycles. The average molecular weight is 1070 g/mol. The quantitative estimate of drug-likeness (QED) is 0.0564. The number of fused-ring (bicyclic) bond motifs is 5. The molecule has 11 atom stereocenters. The highest BCUT2D eigenvalue weighted by atomic mass is 19.1. The molecule has 406 valence electrons. The van der Waals surface area contributed by atoms with Crippen molar-refractivity contribution < 1.29 is 86.1 Å². The zero-order chi connectivity index (χ0) is 55.8. The van der Waals surface area contributed by atoms with Crippen LogP contribution in [-0.4, -0.2) is 130 Å². The second-order valence-corrected chi connectivity index (χ2v) is 20.3. The molecule has 4 aromatic rings. The molecule has 3 fully saturated rings. The van der Waals surface area contributed by atoms with Crippen molar-refractivity contribution in [3.8, 4) is 0 Å². The Labute approximate surface area is 440 Å². The number of hydrogen-bond donors (Lipinski definition) is 6. The van der Waals surface area contributed by atoms with E-state index in [9.17, 15) is 52.9 Å². The molecular formula is C56H57F2N3O16. The van der Waals surface area contributed by atoms with Gasteiger partial charge in [0, 0.05) is 36.8 Å². The molecule has 77 heavy (non-hydrogen) atoms. The van der Waals surface area contributed by atoms with Crippen LogP contribution in [0.25, 0.3) is 0 Å². The summed E-state index contributed by atoms with van der Waals surface area (Å²) in [4.78, 5) is 111. The van der Waals surface area contributed by atoms with Crippen LogP contribution in [0.15, 0.2) is 120 Å². The van der Waals surface area contributed by atoms with Crippen LogP contribution in [0.1, 0.15) is 90.1 Å². The summed E-state index contributed by atoms with van der Waals surface area (Å²) in [5.74, 6) is -12.1. The van der Waals surface area contributed by atoms with Crippen LogP contribution in [0.5, 0.6) is 0 Å². The van der Waals surface area contributed by atoms with Crippen molar-refractivity contribution >= 4 is 47.4 Å². The van der Waals surface area contributed by atoms with Crippen molar-refractivity contribution in [1.29, 1.82) is 0 Å². The molecule has 2 saturated carbocycles. The summed E-state index contributed by atoms with van der Waals surface area (Å²) in [5.41, 5.74) is -8.68. The van der Waals surface area contributed by atoms with E-state index in [0.717, 1.165) is 19.1 Å². The van der Waals surface area contributed by atoms with Gasteiger partial charge < -0.3 is 55.0 Å². The number of hydrogen-bond acceptors (Lipinski definition) is 16. The standard InChI is InChI=1S/C56H57F2N3O16/c1-29-37(25-56(72)48(76-51(70)33-19-13-8-14-20-33)46-54(5,47(67)44(66)42(29)53(56,3)4)38(63)24-39-55(46,28-73-39)77-30(2)62)74-52(71)45(43(31-15-9-6-10-16-31)61-49(68)32-17-11-7-12-18-32)75-41(65)27-59-40(64)26-60-50(69)35-22-21-34(57)23-36(35)58/h6-23,37-39,43-46,48,63,66,72H,24-28H2,1-5H3,(H,59,64)(H,60,69)(H,61,68)/t37-,38-,39+,43-,44+,45+,46?,48?,54+,55-,56+/m0/s1. The molecule has 21 heteroatoms. The number of aliphatic hydroxyl groups excluding tert-OH is 2. The van der Waals surface area contributed by atoms with E-state index in [1.165, 1.54) is 64.1 Å². The van der Waals surface area contributed by atoms with Gasteiger partial charge in [-0.05, 0) is 67.0 Å². The number of aliphatic hydroxyl groups is 3. The number of nitrogens with one attached hydrogen (secondary N) is 3. The number of ether oxygens (including phenoxy) is 5. The number of ketones is 1. The maximum Gasteiger partial charge on any atom is 0.350 e. The largest absolute Gasteiger partial charge is 0.455 e. The molecule has 1 aliphatic heterocycles. The number of amides is 3. The van der Waals surface area contributed by atoms with Gasteiger partial charge in [0.15, 0.2) is 11.4 Å². The summed E-state index contributed by atoms with van der Waals surface area (Å²) < 4.78 is 58.1. The minimum absolute atomic E-state index is 0.00422. The van der Waals surface area contributed by atoms with Crippen LogP contribution >= 0.6 is 0 Å². The van der Waals surface area contributed by atoms with Crippen molar-refractivity contribution in [2.45, 2.75) is 101 Å². The van der Waals surface area contributed by atoms with Crippen LogP contribution in [0.4, 0.5) is 8.78 Å². The Morgan fingerprint density at radius 1 is 0.805 bits per heavy atom. The van der Waals surface area contributed by atoms with Crippen LogP contribution < -0.4 is 16.0 Å². The maximum atomic E-state index is 15.3. The number of carbonyl (C=O) groups is 8. The van der Waals surface area contributed by atoms with E-state index in [-0.39, 0.29) is 40.9 Å². The van der Waals surface area contributed by atoms with Gasteiger partial charge >= 0.3 is 23.9 Å². The molecule has 19 nitrogen and oxygen atoms in total. The van der Waals surface area contributed by atoms with Gasteiger partial charge in [-0.3, -0.25) is 28.8 Å². The minimum Gasteiger partial charge on any atom is -0.455 e. The topological polar surface area (TPSA) is 279 Å². The molecule has 3 amide bonds. The molecular weight excluding hydrogens is 1010 g/mol. The highest BCUT2D eigenvalue weighted by molar-refractivity contribution is 5.98. The van der Waals surface area contributed by atoms with Crippen molar-refractivity contribution in [2.24, 2.45) is 16.7 Å². The van der Waals surface area contributed by atoms with Crippen LogP contribution in [0, 0.1) is 28.4 Å². The monoisotopic (exact) mass is 1070 g/mol. The van der Waals surface area contributed by atoms with Crippen molar-refractivity contribution in [1.82, 2.24) is 16.0 Å².